The highest BCUT2D eigenvalue weighted by Crippen LogP contribution is 2.36. The molecule has 2 aromatic rings. The van der Waals surface area contributed by atoms with Crippen molar-refractivity contribution in [1.82, 2.24) is 0 Å². The number of hydrogen-bond donors (Lipinski definition) is 2. The standard InChI is InChI=1S/C14H11Cl2FN2O2/c1-21-14(20)8-3-2-4-11(18)12(8)19-13-9(15)5-7(17)6-10(13)16/h2-6,19H,18H2,1H3. The van der Waals surface area contributed by atoms with Crippen LogP contribution in [0.5, 0.6) is 0 Å². The Balaban J connectivity index is 2.52. The lowest BCUT2D eigenvalue weighted by atomic mass is 10.1. The lowest BCUT2D eigenvalue weighted by Crippen LogP contribution is -2.08. The maximum Gasteiger partial charge on any atom is 0.340 e. The topological polar surface area (TPSA) is 64.3 Å². The van der Waals surface area contributed by atoms with E-state index in [4.69, 9.17) is 28.9 Å². The van der Waals surface area contributed by atoms with Crippen molar-refractivity contribution >= 4 is 46.2 Å². The molecule has 2 aromatic carbocycles. The number of esters is 1. The predicted molar refractivity (Wildman–Crippen MR) is 81.9 cm³/mol. The molecule has 7 heteroatoms. The number of carbonyl (C=O) groups is 1. The predicted octanol–water partition coefficient (Wildman–Crippen LogP) is 4.24. The number of nitrogen functional groups attached to an aromatic ring is 1. The van der Waals surface area contributed by atoms with Gasteiger partial charge >= 0.3 is 5.97 Å². The van der Waals surface area contributed by atoms with Gasteiger partial charge in [0, 0.05) is 0 Å². The van der Waals surface area contributed by atoms with Crippen LogP contribution >= 0.6 is 23.2 Å². The molecule has 2 rings (SSSR count). The van der Waals surface area contributed by atoms with Gasteiger partial charge in [0.25, 0.3) is 0 Å². The van der Waals surface area contributed by atoms with E-state index in [0.29, 0.717) is 11.4 Å². The monoisotopic (exact) mass is 328 g/mol. The van der Waals surface area contributed by atoms with Gasteiger partial charge in [-0.3, -0.25) is 0 Å². The molecule has 0 aliphatic rings. The largest absolute Gasteiger partial charge is 0.465 e. The number of methoxy groups -OCH3 is 1. The fraction of sp³-hybridized carbons (Fsp3) is 0.0714. The Morgan fingerprint density at radius 3 is 2.43 bits per heavy atom. The third kappa shape index (κ3) is 3.20. The van der Waals surface area contributed by atoms with Gasteiger partial charge in [0.1, 0.15) is 5.82 Å². The Kier molecular flexibility index (Phi) is 4.55. The van der Waals surface area contributed by atoms with E-state index in [9.17, 15) is 9.18 Å². The number of hydrogen-bond acceptors (Lipinski definition) is 4. The molecule has 0 saturated carbocycles. The minimum atomic E-state index is -0.570. The summed E-state index contributed by atoms with van der Waals surface area (Å²) < 4.78 is 17.9. The number of rotatable bonds is 3. The molecule has 21 heavy (non-hydrogen) atoms. The third-order valence-corrected chi connectivity index (χ3v) is 3.36. The SMILES string of the molecule is COC(=O)c1cccc(N)c1Nc1c(Cl)cc(F)cc1Cl. The molecule has 0 atom stereocenters. The molecule has 0 unspecified atom stereocenters. The van der Waals surface area contributed by atoms with Gasteiger partial charge in [0.15, 0.2) is 0 Å². The first-order chi connectivity index (χ1) is 9.93. The number of nitrogens with one attached hydrogen (secondary N) is 1. The van der Waals surface area contributed by atoms with E-state index < -0.39 is 11.8 Å². The summed E-state index contributed by atoms with van der Waals surface area (Å²) >= 11 is 11.9. The first kappa shape index (κ1) is 15.4. The summed E-state index contributed by atoms with van der Waals surface area (Å²) in [6.45, 7) is 0. The van der Waals surface area contributed by atoms with Gasteiger partial charge < -0.3 is 15.8 Å². The molecule has 0 spiro atoms. The van der Waals surface area contributed by atoms with Crippen molar-refractivity contribution in [3.8, 4) is 0 Å². The minimum Gasteiger partial charge on any atom is -0.465 e. The smallest absolute Gasteiger partial charge is 0.340 e. The zero-order valence-corrected chi connectivity index (χ0v) is 12.4. The van der Waals surface area contributed by atoms with E-state index in [2.05, 4.69) is 10.1 Å². The normalized spacial score (nSPS) is 10.3. The second-order valence-electron chi connectivity index (χ2n) is 4.13. The summed E-state index contributed by atoms with van der Waals surface area (Å²) in [5.41, 5.74) is 6.92. The number of nitrogens with two attached hydrogens (primary N) is 1. The van der Waals surface area contributed by atoms with E-state index >= 15 is 0 Å². The molecule has 0 aliphatic heterocycles. The van der Waals surface area contributed by atoms with E-state index in [1.807, 2.05) is 0 Å². The first-order valence-electron chi connectivity index (χ1n) is 5.82. The Labute approximate surface area is 130 Å². The zero-order chi connectivity index (χ0) is 15.6. The van der Waals surface area contributed by atoms with Crippen LogP contribution in [0.15, 0.2) is 30.3 Å². The van der Waals surface area contributed by atoms with Crippen molar-refractivity contribution in [2.24, 2.45) is 0 Å². The van der Waals surface area contributed by atoms with Gasteiger partial charge in [-0.15, -0.1) is 0 Å². The summed E-state index contributed by atoms with van der Waals surface area (Å²) in [6.07, 6.45) is 0. The van der Waals surface area contributed by atoms with E-state index in [0.717, 1.165) is 12.1 Å². The van der Waals surface area contributed by atoms with Crippen LogP contribution in [0.3, 0.4) is 0 Å². The quantitative estimate of drug-likeness (QED) is 0.653. The average Bonchev–Trinajstić information content (AvgIpc) is 2.43. The number of anilines is 3. The van der Waals surface area contributed by atoms with Gasteiger partial charge in [0.2, 0.25) is 0 Å². The first-order valence-corrected chi connectivity index (χ1v) is 6.58. The number of para-hydroxylation sites is 1. The van der Waals surface area contributed by atoms with Gasteiger partial charge in [-0.1, -0.05) is 29.3 Å². The van der Waals surface area contributed by atoms with Crippen LogP contribution in [-0.4, -0.2) is 13.1 Å². The van der Waals surface area contributed by atoms with Crippen LogP contribution < -0.4 is 11.1 Å². The molecule has 0 heterocycles. The summed E-state index contributed by atoms with van der Waals surface area (Å²) in [4.78, 5) is 11.8. The van der Waals surface area contributed by atoms with Gasteiger partial charge in [-0.25, -0.2) is 9.18 Å². The number of benzene rings is 2. The van der Waals surface area contributed by atoms with Crippen LogP contribution in [0, 0.1) is 5.82 Å². The van der Waals surface area contributed by atoms with Crippen LogP contribution in [-0.2, 0) is 4.74 Å². The van der Waals surface area contributed by atoms with Crippen molar-refractivity contribution < 1.29 is 13.9 Å². The molecular formula is C14H11Cl2FN2O2. The van der Waals surface area contributed by atoms with Crippen LogP contribution in [0.2, 0.25) is 10.0 Å². The summed E-state index contributed by atoms with van der Waals surface area (Å²) in [5.74, 6) is -1.14. The maximum atomic E-state index is 13.2. The molecule has 0 aliphatic carbocycles. The fourth-order valence-corrected chi connectivity index (χ4v) is 2.33. The third-order valence-electron chi connectivity index (χ3n) is 2.76. The van der Waals surface area contributed by atoms with E-state index in [-0.39, 0.29) is 21.3 Å². The van der Waals surface area contributed by atoms with Crippen molar-refractivity contribution in [3.63, 3.8) is 0 Å². The van der Waals surface area contributed by atoms with Crippen molar-refractivity contribution in [2.45, 2.75) is 0 Å². The van der Waals surface area contributed by atoms with Crippen LogP contribution in [0.1, 0.15) is 10.4 Å². The molecule has 3 N–H and O–H groups in total. The molecule has 0 saturated heterocycles. The Hall–Kier alpha value is -1.98. The van der Waals surface area contributed by atoms with Gasteiger partial charge in [-0.05, 0) is 24.3 Å². The molecule has 0 aromatic heterocycles. The van der Waals surface area contributed by atoms with E-state index in [1.165, 1.54) is 13.2 Å². The second-order valence-corrected chi connectivity index (χ2v) is 4.95. The lowest BCUT2D eigenvalue weighted by molar-refractivity contribution is 0.0602. The van der Waals surface area contributed by atoms with Crippen LogP contribution in [0.25, 0.3) is 0 Å². The molecule has 0 bridgehead atoms. The molecule has 110 valence electrons. The Morgan fingerprint density at radius 2 is 1.86 bits per heavy atom. The fourth-order valence-electron chi connectivity index (χ4n) is 1.78. The summed E-state index contributed by atoms with van der Waals surface area (Å²) in [5, 5.41) is 3.00. The lowest BCUT2D eigenvalue weighted by Gasteiger charge is -2.15. The van der Waals surface area contributed by atoms with Crippen LogP contribution in [0.4, 0.5) is 21.5 Å². The summed E-state index contributed by atoms with van der Waals surface area (Å²) in [7, 11) is 1.26. The highest BCUT2D eigenvalue weighted by Gasteiger charge is 2.17. The molecule has 4 nitrogen and oxygen atoms in total. The van der Waals surface area contributed by atoms with E-state index in [1.54, 1.807) is 12.1 Å². The highest BCUT2D eigenvalue weighted by molar-refractivity contribution is 6.39. The number of carbonyl (C=O) groups excluding carboxylic acids is 1. The Bertz CT molecular complexity index is 684. The minimum absolute atomic E-state index is 0.0686. The Morgan fingerprint density at radius 1 is 1.24 bits per heavy atom. The molecule has 0 amide bonds. The van der Waals surface area contributed by atoms with Gasteiger partial charge in [0.05, 0.1) is 39.8 Å². The zero-order valence-electron chi connectivity index (χ0n) is 10.9. The maximum absolute atomic E-state index is 13.2. The van der Waals surface area contributed by atoms with Gasteiger partial charge in [-0.2, -0.15) is 0 Å². The number of ether oxygens (including phenoxy) is 1. The molecule has 0 fully saturated rings. The second kappa shape index (κ2) is 6.20. The van der Waals surface area contributed by atoms with Crippen molar-refractivity contribution in [1.29, 1.82) is 0 Å². The molecule has 0 radical (unpaired) electrons. The molecular weight excluding hydrogens is 318 g/mol. The number of halogens is 3. The highest BCUT2D eigenvalue weighted by atomic mass is 35.5. The van der Waals surface area contributed by atoms with Crippen molar-refractivity contribution in [3.05, 3.63) is 51.8 Å². The van der Waals surface area contributed by atoms with Crippen molar-refractivity contribution in [2.75, 3.05) is 18.2 Å². The summed E-state index contributed by atoms with van der Waals surface area (Å²) in [6, 6.07) is 6.95. The average molecular weight is 329 g/mol.